The molecule has 3 aliphatic rings. The standard InChI is InChI=1S/C22H35N5O/c1-23-22(28)14-19-15-25-21(16-24-19)27-11-7-18(8-12-27)13-17-5-9-26(10-6-17)20-3-2-4-20/h15-18,20H,2-14H2,1H3,(H,23,28). The van der Waals surface area contributed by atoms with E-state index in [9.17, 15) is 4.79 Å². The summed E-state index contributed by atoms with van der Waals surface area (Å²) < 4.78 is 0. The average molecular weight is 386 g/mol. The molecule has 1 amide bonds. The number of carbonyl (C=O) groups excluding carboxylic acids is 1. The molecular formula is C22H35N5O. The number of hydrogen-bond donors (Lipinski definition) is 1. The van der Waals surface area contributed by atoms with Crippen molar-refractivity contribution in [3.63, 3.8) is 0 Å². The second-order valence-corrected chi connectivity index (χ2v) is 8.95. The predicted octanol–water partition coefficient (Wildman–Crippen LogP) is 2.64. The summed E-state index contributed by atoms with van der Waals surface area (Å²) in [6, 6.07) is 0.924. The molecule has 6 heteroatoms. The van der Waals surface area contributed by atoms with Crippen LogP contribution in [0.15, 0.2) is 12.4 Å². The Hall–Kier alpha value is -1.69. The fraction of sp³-hybridized carbons (Fsp3) is 0.773. The van der Waals surface area contributed by atoms with Crippen LogP contribution in [0.4, 0.5) is 5.82 Å². The molecule has 0 atom stereocenters. The number of likely N-dealkylation sites (N-methyl/N-ethyl adjacent to an activating group) is 1. The summed E-state index contributed by atoms with van der Waals surface area (Å²) in [5.74, 6) is 2.74. The first-order chi connectivity index (χ1) is 13.7. The Balaban J connectivity index is 1.19. The Morgan fingerprint density at radius 1 is 1.00 bits per heavy atom. The van der Waals surface area contributed by atoms with E-state index in [4.69, 9.17) is 0 Å². The van der Waals surface area contributed by atoms with Gasteiger partial charge in [-0.25, -0.2) is 4.98 Å². The highest BCUT2D eigenvalue weighted by Gasteiger charge is 2.30. The molecule has 28 heavy (non-hydrogen) atoms. The minimum atomic E-state index is -0.0265. The van der Waals surface area contributed by atoms with E-state index >= 15 is 0 Å². The van der Waals surface area contributed by atoms with Gasteiger partial charge >= 0.3 is 0 Å². The first kappa shape index (κ1) is 19.6. The maximum absolute atomic E-state index is 11.4. The van der Waals surface area contributed by atoms with Gasteiger partial charge in [0, 0.05) is 26.2 Å². The summed E-state index contributed by atoms with van der Waals surface area (Å²) in [4.78, 5) is 25.5. The Bertz CT molecular complexity index is 629. The Morgan fingerprint density at radius 3 is 2.21 bits per heavy atom. The number of aromatic nitrogens is 2. The van der Waals surface area contributed by atoms with E-state index in [1.54, 1.807) is 13.2 Å². The number of carbonyl (C=O) groups is 1. The van der Waals surface area contributed by atoms with Gasteiger partial charge in [-0.15, -0.1) is 0 Å². The van der Waals surface area contributed by atoms with E-state index in [2.05, 4.69) is 25.1 Å². The molecule has 1 aromatic heterocycles. The first-order valence-electron chi connectivity index (χ1n) is 11.2. The van der Waals surface area contributed by atoms with Crippen molar-refractivity contribution in [2.24, 2.45) is 11.8 Å². The smallest absolute Gasteiger partial charge is 0.225 e. The van der Waals surface area contributed by atoms with Crippen molar-refractivity contribution in [2.75, 3.05) is 38.1 Å². The summed E-state index contributed by atoms with van der Waals surface area (Å²) in [6.07, 6.45) is 15.0. The van der Waals surface area contributed by atoms with Crippen LogP contribution in [0, 0.1) is 11.8 Å². The number of rotatable bonds is 6. The van der Waals surface area contributed by atoms with Gasteiger partial charge in [0.1, 0.15) is 5.82 Å². The van der Waals surface area contributed by atoms with E-state index in [0.717, 1.165) is 42.5 Å². The van der Waals surface area contributed by atoms with Crippen molar-refractivity contribution in [1.82, 2.24) is 20.2 Å². The van der Waals surface area contributed by atoms with E-state index < -0.39 is 0 Å². The molecule has 0 spiro atoms. The largest absolute Gasteiger partial charge is 0.359 e. The number of hydrogen-bond acceptors (Lipinski definition) is 5. The summed E-state index contributed by atoms with van der Waals surface area (Å²) in [7, 11) is 1.64. The maximum Gasteiger partial charge on any atom is 0.225 e. The van der Waals surface area contributed by atoms with Gasteiger partial charge in [-0.3, -0.25) is 9.78 Å². The lowest BCUT2D eigenvalue weighted by Crippen LogP contribution is -2.45. The first-order valence-corrected chi connectivity index (χ1v) is 11.2. The van der Waals surface area contributed by atoms with Gasteiger partial charge in [-0.05, 0) is 69.9 Å². The number of amides is 1. The zero-order valence-electron chi connectivity index (χ0n) is 17.3. The van der Waals surface area contributed by atoms with Crippen LogP contribution in [-0.4, -0.2) is 60.0 Å². The molecule has 6 nitrogen and oxygen atoms in total. The van der Waals surface area contributed by atoms with Crippen LogP contribution in [0.1, 0.15) is 57.1 Å². The highest BCUT2D eigenvalue weighted by molar-refractivity contribution is 5.77. The van der Waals surface area contributed by atoms with Crippen molar-refractivity contribution < 1.29 is 4.79 Å². The van der Waals surface area contributed by atoms with Crippen LogP contribution in [0.3, 0.4) is 0 Å². The SMILES string of the molecule is CNC(=O)Cc1cnc(N2CCC(CC3CCN(C4CCC4)CC3)CC2)cn1. The van der Waals surface area contributed by atoms with E-state index in [-0.39, 0.29) is 5.91 Å². The fourth-order valence-electron chi connectivity index (χ4n) is 5.03. The number of likely N-dealkylation sites (tertiary alicyclic amines) is 1. The normalized spacial score (nSPS) is 22.8. The molecular weight excluding hydrogens is 350 g/mol. The molecule has 1 aliphatic carbocycles. The van der Waals surface area contributed by atoms with Crippen molar-refractivity contribution in [3.05, 3.63) is 18.1 Å². The van der Waals surface area contributed by atoms with Crippen LogP contribution < -0.4 is 10.2 Å². The monoisotopic (exact) mass is 385 g/mol. The minimum absolute atomic E-state index is 0.0265. The number of anilines is 1. The highest BCUT2D eigenvalue weighted by atomic mass is 16.1. The van der Waals surface area contributed by atoms with Gasteiger partial charge in [0.15, 0.2) is 0 Å². The summed E-state index contributed by atoms with van der Waals surface area (Å²) in [5, 5.41) is 2.62. The zero-order chi connectivity index (χ0) is 19.3. The van der Waals surface area contributed by atoms with E-state index in [1.807, 2.05) is 6.20 Å². The van der Waals surface area contributed by atoms with E-state index in [0.29, 0.717) is 6.42 Å². The summed E-state index contributed by atoms with van der Waals surface area (Å²) >= 11 is 0. The molecule has 0 radical (unpaired) electrons. The van der Waals surface area contributed by atoms with Gasteiger partial charge in [0.25, 0.3) is 0 Å². The number of nitrogens with one attached hydrogen (secondary N) is 1. The Kier molecular flexibility index (Phi) is 6.45. The molecule has 0 bridgehead atoms. The summed E-state index contributed by atoms with van der Waals surface area (Å²) in [6.45, 7) is 4.84. The van der Waals surface area contributed by atoms with Crippen molar-refractivity contribution in [3.8, 4) is 0 Å². The van der Waals surface area contributed by atoms with Crippen LogP contribution >= 0.6 is 0 Å². The fourth-order valence-corrected chi connectivity index (χ4v) is 5.03. The predicted molar refractivity (Wildman–Crippen MR) is 111 cm³/mol. The lowest BCUT2D eigenvalue weighted by Gasteiger charge is -2.42. The van der Waals surface area contributed by atoms with Crippen LogP contribution in [0.2, 0.25) is 0 Å². The van der Waals surface area contributed by atoms with Gasteiger partial charge in [0.2, 0.25) is 5.91 Å². The second kappa shape index (κ2) is 9.21. The Morgan fingerprint density at radius 2 is 1.68 bits per heavy atom. The molecule has 3 fully saturated rings. The molecule has 154 valence electrons. The minimum Gasteiger partial charge on any atom is -0.359 e. The number of nitrogens with zero attached hydrogens (tertiary/aromatic N) is 4. The summed E-state index contributed by atoms with van der Waals surface area (Å²) in [5.41, 5.74) is 0.728. The van der Waals surface area contributed by atoms with Crippen molar-refractivity contribution in [2.45, 2.75) is 63.8 Å². The zero-order valence-corrected chi connectivity index (χ0v) is 17.3. The Labute approximate surface area is 169 Å². The molecule has 2 aliphatic heterocycles. The van der Waals surface area contributed by atoms with Crippen LogP contribution in [0.25, 0.3) is 0 Å². The molecule has 3 heterocycles. The van der Waals surface area contributed by atoms with Gasteiger partial charge in [0.05, 0.1) is 24.5 Å². The third-order valence-electron chi connectivity index (χ3n) is 7.16. The quantitative estimate of drug-likeness (QED) is 0.816. The molecule has 1 N–H and O–H groups in total. The second-order valence-electron chi connectivity index (χ2n) is 8.95. The lowest BCUT2D eigenvalue weighted by molar-refractivity contribution is -0.120. The topological polar surface area (TPSA) is 61.4 Å². The molecule has 1 saturated carbocycles. The molecule has 4 rings (SSSR count). The molecule has 2 saturated heterocycles. The van der Waals surface area contributed by atoms with Gasteiger partial charge in [-0.1, -0.05) is 6.42 Å². The van der Waals surface area contributed by atoms with E-state index in [1.165, 1.54) is 64.5 Å². The molecule has 0 aromatic carbocycles. The lowest BCUT2D eigenvalue weighted by atomic mass is 9.81. The third kappa shape index (κ3) is 4.83. The van der Waals surface area contributed by atoms with Gasteiger partial charge < -0.3 is 15.1 Å². The third-order valence-corrected chi connectivity index (χ3v) is 7.16. The maximum atomic E-state index is 11.4. The van der Waals surface area contributed by atoms with Crippen LogP contribution in [-0.2, 0) is 11.2 Å². The van der Waals surface area contributed by atoms with Crippen LogP contribution in [0.5, 0.6) is 0 Å². The highest BCUT2D eigenvalue weighted by Crippen LogP contribution is 2.33. The molecule has 0 unspecified atom stereocenters. The van der Waals surface area contributed by atoms with Crippen molar-refractivity contribution >= 4 is 11.7 Å². The average Bonchev–Trinajstić information content (AvgIpc) is 2.69. The van der Waals surface area contributed by atoms with Gasteiger partial charge in [-0.2, -0.15) is 0 Å². The van der Waals surface area contributed by atoms with Crippen molar-refractivity contribution in [1.29, 1.82) is 0 Å². The number of piperidine rings is 2. The molecule has 1 aromatic rings.